The van der Waals surface area contributed by atoms with E-state index in [1.807, 2.05) is 45.0 Å². The Morgan fingerprint density at radius 1 is 1.35 bits per heavy atom. The molecule has 1 rings (SSSR count). The van der Waals surface area contributed by atoms with Crippen molar-refractivity contribution in [1.29, 1.82) is 0 Å². The number of hydrogen-bond acceptors (Lipinski definition) is 3. The first-order valence-corrected chi connectivity index (χ1v) is 7.02. The summed E-state index contributed by atoms with van der Waals surface area (Å²) in [6.45, 7) is 6.17. The molecule has 0 bridgehead atoms. The van der Waals surface area contributed by atoms with Gasteiger partial charge in [-0.05, 0) is 29.5 Å². The third-order valence-corrected chi connectivity index (χ3v) is 3.43. The smallest absolute Gasteiger partial charge is 0.220 e. The highest BCUT2D eigenvalue weighted by atomic mass is 16.5. The highest BCUT2D eigenvalue weighted by molar-refractivity contribution is 5.76. The van der Waals surface area contributed by atoms with Crippen molar-refractivity contribution >= 4 is 5.91 Å². The molecule has 0 aromatic heterocycles. The maximum absolute atomic E-state index is 11.9. The molecule has 2 N–H and O–H groups in total. The Hall–Kier alpha value is -1.55. The van der Waals surface area contributed by atoms with Crippen molar-refractivity contribution in [2.75, 3.05) is 13.7 Å². The van der Waals surface area contributed by atoms with Crippen LogP contribution in [0.3, 0.4) is 0 Å². The number of hydrogen-bond donors (Lipinski definition) is 2. The lowest BCUT2D eigenvalue weighted by Gasteiger charge is -2.17. The summed E-state index contributed by atoms with van der Waals surface area (Å²) in [5.74, 6) is 1.01. The van der Waals surface area contributed by atoms with Gasteiger partial charge in [0.2, 0.25) is 5.91 Å². The van der Waals surface area contributed by atoms with Crippen LogP contribution in [0.25, 0.3) is 0 Å². The molecule has 1 aromatic carbocycles. The van der Waals surface area contributed by atoms with E-state index in [1.54, 1.807) is 7.11 Å². The summed E-state index contributed by atoms with van der Waals surface area (Å²) in [6, 6.07) is 7.74. The van der Waals surface area contributed by atoms with Gasteiger partial charge in [0.25, 0.3) is 0 Å². The maximum Gasteiger partial charge on any atom is 0.220 e. The number of carbonyl (C=O) groups excluding carboxylic acids is 1. The Kier molecular flexibility index (Phi) is 6.52. The lowest BCUT2D eigenvalue weighted by atomic mass is 9.97. The molecule has 0 saturated heterocycles. The van der Waals surface area contributed by atoms with Gasteiger partial charge in [0, 0.05) is 13.0 Å². The van der Waals surface area contributed by atoms with Crippen molar-refractivity contribution in [3.8, 4) is 5.75 Å². The van der Waals surface area contributed by atoms with E-state index in [1.165, 1.54) is 0 Å². The van der Waals surface area contributed by atoms with E-state index in [0.29, 0.717) is 13.0 Å². The van der Waals surface area contributed by atoms with Crippen LogP contribution in [0.15, 0.2) is 24.3 Å². The first-order valence-electron chi connectivity index (χ1n) is 7.02. The normalized spacial score (nSPS) is 13.9. The van der Waals surface area contributed by atoms with Crippen LogP contribution in [0, 0.1) is 5.92 Å². The Labute approximate surface area is 121 Å². The summed E-state index contributed by atoms with van der Waals surface area (Å²) in [6.07, 6.45) is -0.0936. The molecule has 1 amide bonds. The summed E-state index contributed by atoms with van der Waals surface area (Å²) in [7, 11) is 1.63. The number of nitrogens with one attached hydrogen (secondary N) is 1. The molecule has 0 spiro atoms. The fraction of sp³-hybridized carbons (Fsp3) is 0.562. The van der Waals surface area contributed by atoms with Crippen LogP contribution in [0.1, 0.15) is 38.7 Å². The first kappa shape index (κ1) is 16.5. The lowest BCUT2D eigenvalue weighted by Crippen LogP contribution is -2.35. The van der Waals surface area contributed by atoms with Crippen LogP contribution in [0.4, 0.5) is 0 Å². The van der Waals surface area contributed by atoms with Gasteiger partial charge in [-0.2, -0.15) is 0 Å². The van der Waals surface area contributed by atoms with Crippen LogP contribution in [0.5, 0.6) is 5.75 Å². The summed E-state index contributed by atoms with van der Waals surface area (Å²) < 4.78 is 5.18. The van der Waals surface area contributed by atoms with Crippen molar-refractivity contribution in [2.45, 2.75) is 39.2 Å². The standard InChI is InChI=1S/C16H25NO3/c1-11(2)15(18)10-17-16(19)8-12(3)13-6-5-7-14(9-13)20-4/h5-7,9,11-12,15,18H,8,10H2,1-4H3,(H,17,19). The average Bonchev–Trinajstić information content (AvgIpc) is 2.44. The minimum absolute atomic E-state index is 0.0416. The van der Waals surface area contributed by atoms with Gasteiger partial charge in [-0.3, -0.25) is 4.79 Å². The molecule has 0 heterocycles. The zero-order chi connectivity index (χ0) is 15.1. The molecule has 4 nitrogen and oxygen atoms in total. The van der Waals surface area contributed by atoms with Crippen molar-refractivity contribution in [1.82, 2.24) is 5.32 Å². The molecule has 0 fully saturated rings. The molecule has 1 aromatic rings. The lowest BCUT2D eigenvalue weighted by molar-refractivity contribution is -0.122. The minimum Gasteiger partial charge on any atom is -0.497 e. The highest BCUT2D eigenvalue weighted by Crippen LogP contribution is 2.22. The van der Waals surface area contributed by atoms with E-state index in [0.717, 1.165) is 11.3 Å². The first-order chi connectivity index (χ1) is 9.43. The second kappa shape index (κ2) is 7.90. The molecule has 0 aliphatic rings. The van der Waals surface area contributed by atoms with Crippen LogP contribution < -0.4 is 10.1 Å². The second-order valence-corrected chi connectivity index (χ2v) is 5.50. The van der Waals surface area contributed by atoms with Gasteiger partial charge in [0.15, 0.2) is 0 Å². The predicted octanol–water partition coefficient (Wildman–Crippen LogP) is 2.32. The number of rotatable bonds is 7. The zero-order valence-electron chi connectivity index (χ0n) is 12.7. The van der Waals surface area contributed by atoms with Gasteiger partial charge < -0.3 is 15.2 Å². The second-order valence-electron chi connectivity index (χ2n) is 5.50. The van der Waals surface area contributed by atoms with Gasteiger partial charge in [-0.25, -0.2) is 0 Å². The molecule has 2 unspecified atom stereocenters. The van der Waals surface area contributed by atoms with Crippen LogP contribution >= 0.6 is 0 Å². The zero-order valence-corrected chi connectivity index (χ0v) is 12.7. The number of carbonyl (C=O) groups is 1. The molecule has 2 atom stereocenters. The molecular formula is C16H25NO3. The van der Waals surface area contributed by atoms with Crippen LogP contribution in [-0.4, -0.2) is 30.8 Å². The summed E-state index contributed by atoms with van der Waals surface area (Å²) >= 11 is 0. The Morgan fingerprint density at radius 2 is 2.05 bits per heavy atom. The van der Waals surface area contributed by atoms with E-state index >= 15 is 0 Å². The molecule has 4 heteroatoms. The monoisotopic (exact) mass is 279 g/mol. The van der Waals surface area contributed by atoms with Gasteiger partial charge in [-0.1, -0.05) is 32.9 Å². The van der Waals surface area contributed by atoms with E-state index in [9.17, 15) is 9.90 Å². The van der Waals surface area contributed by atoms with Gasteiger partial charge >= 0.3 is 0 Å². The highest BCUT2D eigenvalue weighted by Gasteiger charge is 2.14. The minimum atomic E-state index is -0.494. The number of amides is 1. The van der Waals surface area contributed by atoms with Crippen molar-refractivity contribution in [3.63, 3.8) is 0 Å². The third-order valence-electron chi connectivity index (χ3n) is 3.43. The molecular weight excluding hydrogens is 254 g/mol. The molecule has 20 heavy (non-hydrogen) atoms. The van der Waals surface area contributed by atoms with E-state index < -0.39 is 6.10 Å². The number of ether oxygens (including phenoxy) is 1. The summed E-state index contributed by atoms with van der Waals surface area (Å²) in [5.41, 5.74) is 1.07. The van der Waals surface area contributed by atoms with E-state index in [-0.39, 0.29) is 17.7 Å². The third kappa shape index (κ3) is 5.21. The average molecular weight is 279 g/mol. The number of aliphatic hydroxyl groups excluding tert-OH is 1. The summed E-state index contributed by atoms with van der Waals surface area (Å²) in [5, 5.41) is 12.4. The van der Waals surface area contributed by atoms with E-state index in [4.69, 9.17) is 4.74 Å². The predicted molar refractivity (Wildman–Crippen MR) is 79.9 cm³/mol. The van der Waals surface area contributed by atoms with Crippen molar-refractivity contribution < 1.29 is 14.6 Å². The van der Waals surface area contributed by atoms with Crippen LogP contribution in [0.2, 0.25) is 0 Å². The topological polar surface area (TPSA) is 58.6 Å². The largest absolute Gasteiger partial charge is 0.497 e. The van der Waals surface area contributed by atoms with Crippen molar-refractivity contribution in [2.24, 2.45) is 5.92 Å². The Bertz CT molecular complexity index is 431. The summed E-state index contributed by atoms with van der Waals surface area (Å²) in [4.78, 5) is 11.9. The Balaban J connectivity index is 2.48. The molecule has 0 radical (unpaired) electrons. The maximum atomic E-state index is 11.9. The Morgan fingerprint density at radius 3 is 2.65 bits per heavy atom. The fourth-order valence-corrected chi connectivity index (χ4v) is 1.87. The quantitative estimate of drug-likeness (QED) is 0.805. The van der Waals surface area contributed by atoms with Crippen LogP contribution in [-0.2, 0) is 4.79 Å². The molecule has 0 aliphatic carbocycles. The fourth-order valence-electron chi connectivity index (χ4n) is 1.87. The SMILES string of the molecule is COc1cccc(C(C)CC(=O)NCC(O)C(C)C)c1. The molecule has 112 valence electrons. The number of aliphatic hydroxyl groups is 1. The number of benzene rings is 1. The number of methoxy groups -OCH3 is 1. The van der Waals surface area contributed by atoms with Gasteiger partial charge in [0.05, 0.1) is 13.2 Å². The van der Waals surface area contributed by atoms with Gasteiger partial charge in [-0.15, -0.1) is 0 Å². The molecule has 0 aliphatic heterocycles. The molecule has 0 saturated carbocycles. The van der Waals surface area contributed by atoms with Crippen molar-refractivity contribution in [3.05, 3.63) is 29.8 Å². The van der Waals surface area contributed by atoms with E-state index in [2.05, 4.69) is 5.32 Å². The van der Waals surface area contributed by atoms with Gasteiger partial charge in [0.1, 0.15) is 5.75 Å².